The zero-order valence-corrected chi connectivity index (χ0v) is 9.02. The molecule has 3 nitrogen and oxygen atoms in total. The van der Waals surface area contributed by atoms with Crippen LogP contribution in [-0.2, 0) is 22.7 Å². The Morgan fingerprint density at radius 1 is 1.50 bits per heavy atom. The van der Waals surface area contributed by atoms with Crippen molar-refractivity contribution in [3.63, 3.8) is 0 Å². The van der Waals surface area contributed by atoms with Gasteiger partial charge in [0.1, 0.15) is 0 Å². The van der Waals surface area contributed by atoms with Crippen molar-refractivity contribution < 1.29 is 60.6 Å². The van der Waals surface area contributed by atoms with Crippen LogP contribution in [0.1, 0.15) is 4.28 Å². The second kappa shape index (κ2) is 10.4. The Labute approximate surface area is 96.6 Å². The van der Waals surface area contributed by atoms with Gasteiger partial charge in [0, 0.05) is 0 Å². The topological polar surface area (TPSA) is 54.4 Å². The van der Waals surface area contributed by atoms with Crippen molar-refractivity contribution in [1.82, 2.24) is 0 Å². The second-order valence-electron chi connectivity index (χ2n) is 0.238. The molecular weight excluding hydrogens is 162 g/mol. The molecule has 0 aromatic carbocycles. The van der Waals surface area contributed by atoms with Gasteiger partial charge in [-0.3, -0.25) is 0 Å². The summed E-state index contributed by atoms with van der Waals surface area (Å²) in [7, 11) is 0. The van der Waals surface area contributed by atoms with Crippen molar-refractivity contribution in [3.8, 4) is 0 Å². The summed E-state index contributed by atoms with van der Waals surface area (Å²) in [5, 5.41) is 0. The predicted molar refractivity (Wildman–Crippen MR) is 12.7 cm³/mol. The van der Waals surface area contributed by atoms with Crippen LogP contribution in [-0.4, -0.2) is 41.8 Å². The molecule has 0 radical (unpaired) electrons. The van der Waals surface area contributed by atoms with E-state index < -0.39 is 15.4 Å². The van der Waals surface area contributed by atoms with E-state index in [4.69, 9.17) is 11.4 Å². The molecule has 0 saturated heterocycles. The fourth-order valence-electron chi connectivity index (χ4n) is 0. The minimum absolute atomic E-state index is 0. The first kappa shape index (κ1) is 15.8. The zero-order valence-electron chi connectivity index (χ0n) is 6.42. The molecule has 0 aromatic heterocycles. The summed E-state index contributed by atoms with van der Waals surface area (Å²) in [6.45, 7) is 0. The molecule has 0 fully saturated rings. The Morgan fingerprint density at radius 3 is 1.50 bits per heavy atom. The summed E-state index contributed by atoms with van der Waals surface area (Å²) in [5.41, 5.74) is 0. The van der Waals surface area contributed by atoms with Gasteiger partial charge >= 0.3 is 94.1 Å². The molecular formula is H4CaNaO3V. The first-order chi connectivity index (χ1) is 1.73. The predicted octanol–water partition coefficient (Wildman–Crippen LogP) is -3.84. The average Bonchev–Trinajstić information content (AvgIpc) is 0.811. The Bertz CT molecular complexity index is 67.5. The van der Waals surface area contributed by atoms with E-state index in [1.807, 2.05) is 0 Å². The van der Waals surface area contributed by atoms with Gasteiger partial charge in [-0.1, -0.05) is 0 Å². The maximum atomic E-state index is 8.67. The molecule has 0 rings (SSSR count). The monoisotopic (exact) mass is 166 g/mol. The van der Waals surface area contributed by atoms with Crippen LogP contribution in [0.2, 0.25) is 0 Å². The SMILES string of the molecule is [Ca+2].[H-].[H-].[H-].[Na+].[O]=[V](=[O])[OH]. The molecule has 0 amide bonds. The van der Waals surface area contributed by atoms with Crippen molar-refractivity contribution in [2.24, 2.45) is 0 Å². The molecule has 0 atom stereocenters. The van der Waals surface area contributed by atoms with E-state index in [2.05, 4.69) is 0 Å². The van der Waals surface area contributed by atoms with Gasteiger partial charge in [0.2, 0.25) is 0 Å². The van der Waals surface area contributed by atoms with Crippen molar-refractivity contribution in [1.29, 1.82) is 0 Å². The van der Waals surface area contributed by atoms with Crippen LogP contribution < -0.4 is 29.6 Å². The van der Waals surface area contributed by atoms with E-state index >= 15 is 0 Å². The van der Waals surface area contributed by atoms with Crippen LogP contribution in [0.5, 0.6) is 0 Å². The Hall–Kier alpha value is 2.40. The number of rotatable bonds is 0. The van der Waals surface area contributed by atoms with E-state index in [1.165, 1.54) is 0 Å². The average molecular weight is 166 g/mol. The van der Waals surface area contributed by atoms with Crippen molar-refractivity contribution >= 4 is 37.7 Å². The van der Waals surface area contributed by atoms with Crippen molar-refractivity contribution in [3.05, 3.63) is 0 Å². The molecule has 30 valence electrons. The number of hydrogen-bond acceptors (Lipinski definition) is 2. The molecule has 0 aliphatic heterocycles. The molecule has 6 heavy (non-hydrogen) atoms. The fourth-order valence-corrected chi connectivity index (χ4v) is 0. The summed E-state index contributed by atoms with van der Waals surface area (Å²) >= 11 is -3.69. The Kier molecular flexibility index (Phi) is 27.3. The Balaban J connectivity index is -0.00000000450. The van der Waals surface area contributed by atoms with Crippen molar-refractivity contribution in [2.45, 2.75) is 0 Å². The summed E-state index contributed by atoms with van der Waals surface area (Å²) in [6, 6.07) is 0. The van der Waals surface area contributed by atoms with Gasteiger partial charge in [0.15, 0.2) is 0 Å². The zero-order chi connectivity index (χ0) is 3.58. The van der Waals surface area contributed by atoms with Crippen LogP contribution in [0.15, 0.2) is 0 Å². The van der Waals surface area contributed by atoms with Crippen molar-refractivity contribution in [2.75, 3.05) is 0 Å². The van der Waals surface area contributed by atoms with Gasteiger partial charge in [-0.15, -0.1) is 0 Å². The van der Waals surface area contributed by atoms with Crippen LogP contribution in [0.25, 0.3) is 0 Å². The third-order valence-corrected chi connectivity index (χ3v) is 0. The third-order valence-electron chi connectivity index (χ3n) is 0. The molecule has 0 aliphatic carbocycles. The molecule has 1 N–H and O–H groups in total. The van der Waals surface area contributed by atoms with Gasteiger partial charge in [-0.05, 0) is 0 Å². The summed E-state index contributed by atoms with van der Waals surface area (Å²) in [6.07, 6.45) is 0. The molecule has 0 aliphatic rings. The van der Waals surface area contributed by atoms with E-state index in [-0.39, 0.29) is 71.6 Å². The van der Waals surface area contributed by atoms with Gasteiger partial charge < -0.3 is 4.28 Å². The van der Waals surface area contributed by atoms with E-state index in [9.17, 15) is 0 Å². The molecule has 0 saturated carbocycles. The van der Waals surface area contributed by atoms with Crippen LogP contribution in [0, 0.1) is 0 Å². The Morgan fingerprint density at radius 2 is 1.50 bits per heavy atom. The van der Waals surface area contributed by atoms with Crippen LogP contribution in [0.3, 0.4) is 0 Å². The van der Waals surface area contributed by atoms with E-state index in [1.54, 1.807) is 0 Å². The molecule has 0 bridgehead atoms. The summed E-state index contributed by atoms with van der Waals surface area (Å²) in [5.74, 6) is 0. The first-order valence-corrected chi connectivity index (χ1v) is 2.33. The van der Waals surface area contributed by atoms with Gasteiger partial charge in [-0.2, -0.15) is 0 Å². The normalized spacial score (nSPS) is 4.17. The maximum absolute atomic E-state index is 8.67. The molecule has 0 unspecified atom stereocenters. The van der Waals surface area contributed by atoms with E-state index in [0.717, 1.165) is 0 Å². The number of hydrogen-bond donors (Lipinski definition) is 1. The quantitative estimate of drug-likeness (QED) is 0.375. The molecule has 6 heteroatoms. The molecule has 0 heterocycles. The molecule has 0 aromatic rings. The second-order valence-corrected chi connectivity index (χ2v) is 0.981. The minimum atomic E-state index is -3.69. The molecule has 0 spiro atoms. The van der Waals surface area contributed by atoms with Crippen LogP contribution >= 0.6 is 0 Å². The van der Waals surface area contributed by atoms with Gasteiger partial charge in [-0.25, -0.2) is 0 Å². The summed E-state index contributed by atoms with van der Waals surface area (Å²) in [4.78, 5) is 0. The third kappa shape index (κ3) is 32.4. The van der Waals surface area contributed by atoms with Crippen LogP contribution in [0.4, 0.5) is 0 Å². The van der Waals surface area contributed by atoms with Gasteiger partial charge in [0.25, 0.3) is 0 Å². The standard InChI is InChI=1S/Ca.Na.H2O.2O.V.3H/h;;1H2;;;;;;/q+2;+1;;;;+1;3*-1/p-1. The summed E-state index contributed by atoms with van der Waals surface area (Å²) < 4.78 is 24.4. The first-order valence-electron chi connectivity index (χ1n) is 0.565. The van der Waals surface area contributed by atoms with Gasteiger partial charge in [0.05, 0.1) is 0 Å². The van der Waals surface area contributed by atoms with E-state index in [0.29, 0.717) is 0 Å². The fraction of sp³-hybridized carbons (Fsp3) is 0.